The molecule has 1 aliphatic carbocycles. The lowest BCUT2D eigenvalue weighted by atomic mass is 9.66. The number of hydrogen-bond acceptors (Lipinski definition) is 4. The highest BCUT2D eigenvalue weighted by molar-refractivity contribution is 5.65. The zero-order chi connectivity index (χ0) is 16.7. The zero-order valence-electron chi connectivity index (χ0n) is 13.4. The molecule has 2 aliphatic rings. The molecule has 0 bridgehead atoms. The van der Waals surface area contributed by atoms with E-state index in [0.29, 0.717) is 19.5 Å². The second kappa shape index (κ2) is 5.63. The number of nitrogens with zero attached hydrogens (tertiary/aromatic N) is 3. The summed E-state index contributed by atoms with van der Waals surface area (Å²) in [7, 11) is 0. The SMILES string of the molecule is Cc1cn(CC2(O)CCN(C(=O)O)CC23CCCC3)c(=O)cn1. The van der Waals surface area contributed by atoms with Gasteiger partial charge in [-0.25, -0.2) is 4.79 Å². The van der Waals surface area contributed by atoms with Crippen LogP contribution in [0.2, 0.25) is 0 Å². The predicted molar refractivity (Wildman–Crippen MR) is 83.3 cm³/mol. The fourth-order valence-corrected chi connectivity index (χ4v) is 4.22. The van der Waals surface area contributed by atoms with Gasteiger partial charge in [-0.05, 0) is 26.2 Å². The minimum Gasteiger partial charge on any atom is -0.465 e. The van der Waals surface area contributed by atoms with E-state index in [1.54, 1.807) is 13.1 Å². The lowest BCUT2D eigenvalue weighted by molar-refractivity contribution is -0.137. The molecule has 2 heterocycles. The smallest absolute Gasteiger partial charge is 0.407 e. The van der Waals surface area contributed by atoms with Crippen molar-refractivity contribution in [3.05, 3.63) is 28.4 Å². The lowest BCUT2D eigenvalue weighted by Gasteiger charge is -2.51. The summed E-state index contributed by atoms with van der Waals surface area (Å²) in [5, 5.41) is 20.7. The number of carbonyl (C=O) groups is 1. The van der Waals surface area contributed by atoms with Crippen LogP contribution in [0.4, 0.5) is 4.79 Å². The van der Waals surface area contributed by atoms with Gasteiger partial charge in [-0.3, -0.25) is 9.78 Å². The summed E-state index contributed by atoms with van der Waals surface area (Å²) in [5.41, 5.74) is -1.04. The Morgan fingerprint density at radius 1 is 1.35 bits per heavy atom. The van der Waals surface area contributed by atoms with Gasteiger partial charge in [0.15, 0.2) is 0 Å². The van der Waals surface area contributed by atoms with Gasteiger partial charge in [0.2, 0.25) is 0 Å². The maximum atomic E-state index is 12.0. The Balaban J connectivity index is 1.93. The minimum absolute atomic E-state index is 0.197. The van der Waals surface area contributed by atoms with Crippen molar-refractivity contribution >= 4 is 6.09 Å². The van der Waals surface area contributed by atoms with E-state index in [1.165, 1.54) is 15.7 Å². The van der Waals surface area contributed by atoms with Crippen LogP contribution < -0.4 is 5.56 Å². The van der Waals surface area contributed by atoms with Gasteiger partial charge in [0.05, 0.1) is 24.0 Å². The first-order valence-corrected chi connectivity index (χ1v) is 8.09. The van der Waals surface area contributed by atoms with Crippen molar-refractivity contribution in [2.24, 2.45) is 5.41 Å². The molecule has 1 aromatic rings. The van der Waals surface area contributed by atoms with Crippen LogP contribution in [0.15, 0.2) is 17.2 Å². The van der Waals surface area contributed by atoms with E-state index in [9.17, 15) is 19.8 Å². The maximum absolute atomic E-state index is 12.0. The van der Waals surface area contributed by atoms with E-state index >= 15 is 0 Å². The van der Waals surface area contributed by atoms with Crippen molar-refractivity contribution in [1.82, 2.24) is 14.5 Å². The second-order valence-corrected chi connectivity index (χ2v) is 6.97. The topological polar surface area (TPSA) is 95.7 Å². The second-order valence-electron chi connectivity index (χ2n) is 6.97. The molecule has 1 aliphatic heterocycles. The number of aromatic nitrogens is 2. The molecule has 7 heteroatoms. The Kier molecular flexibility index (Phi) is 3.91. The quantitative estimate of drug-likeness (QED) is 0.854. The molecular weight excluding hydrogens is 298 g/mol. The maximum Gasteiger partial charge on any atom is 0.407 e. The van der Waals surface area contributed by atoms with E-state index in [0.717, 1.165) is 31.4 Å². The van der Waals surface area contributed by atoms with E-state index in [4.69, 9.17) is 0 Å². The Morgan fingerprint density at radius 3 is 2.70 bits per heavy atom. The van der Waals surface area contributed by atoms with E-state index in [-0.39, 0.29) is 12.1 Å². The van der Waals surface area contributed by atoms with Crippen LogP contribution in [-0.4, -0.2) is 49.4 Å². The molecule has 0 aromatic carbocycles. The molecule has 1 saturated heterocycles. The third kappa shape index (κ3) is 2.73. The summed E-state index contributed by atoms with van der Waals surface area (Å²) in [4.78, 5) is 28.8. The van der Waals surface area contributed by atoms with Crippen LogP contribution >= 0.6 is 0 Å². The third-order valence-electron chi connectivity index (χ3n) is 5.54. The molecule has 2 fully saturated rings. The van der Waals surface area contributed by atoms with Crippen molar-refractivity contribution in [2.45, 2.75) is 51.2 Å². The highest BCUT2D eigenvalue weighted by Crippen LogP contribution is 2.51. The molecule has 7 nitrogen and oxygen atoms in total. The Bertz CT molecular complexity index is 666. The predicted octanol–water partition coefficient (Wildman–Crippen LogP) is 1.23. The summed E-state index contributed by atoms with van der Waals surface area (Å²) in [5.74, 6) is 0. The number of aryl methyl sites for hydroxylation is 1. The van der Waals surface area contributed by atoms with Crippen LogP contribution in [0.25, 0.3) is 0 Å². The first-order chi connectivity index (χ1) is 10.9. The number of aliphatic hydroxyl groups is 1. The monoisotopic (exact) mass is 321 g/mol. The fourth-order valence-electron chi connectivity index (χ4n) is 4.22. The highest BCUT2D eigenvalue weighted by atomic mass is 16.4. The van der Waals surface area contributed by atoms with Gasteiger partial charge in [-0.15, -0.1) is 0 Å². The number of carboxylic acid groups (broad SMARTS) is 1. The minimum atomic E-state index is -1.06. The molecule has 2 N–H and O–H groups in total. The van der Waals surface area contributed by atoms with Crippen LogP contribution in [0.1, 0.15) is 37.8 Å². The molecule has 1 aromatic heterocycles. The summed E-state index contributed by atoms with van der Waals surface area (Å²) in [6.45, 7) is 2.64. The summed E-state index contributed by atoms with van der Waals surface area (Å²) >= 11 is 0. The van der Waals surface area contributed by atoms with E-state index in [2.05, 4.69) is 4.98 Å². The van der Waals surface area contributed by atoms with Gasteiger partial charge in [0.1, 0.15) is 0 Å². The third-order valence-corrected chi connectivity index (χ3v) is 5.54. The molecule has 3 rings (SSSR count). The van der Waals surface area contributed by atoms with Crippen LogP contribution in [0.3, 0.4) is 0 Å². The Morgan fingerprint density at radius 2 is 2.04 bits per heavy atom. The molecule has 1 saturated carbocycles. The molecule has 1 amide bonds. The van der Waals surface area contributed by atoms with Crippen molar-refractivity contribution in [3.63, 3.8) is 0 Å². The number of amides is 1. The van der Waals surface area contributed by atoms with Crippen molar-refractivity contribution < 1.29 is 15.0 Å². The molecular formula is C16H23N3O4. The average molecular weight is 321 g/mol. The Labute approximate surface area is 134 Å². The molecule has 126 valence electrons. The van der Waals surface area contributed by atoms with Gasteiger partial charge >= 0.3 is 6.09 Å². The first kappa shape index (κ1) is 16.0. The molecule has 1 atom stereocenters. The Hall–Kier alpha value is -1.89. The summed E-state index contributed by atoms with van der Waals surface area (Å²) in [6, 6.07) is 0. The largest absolute Gasteiger partial charge is 0.465 e. The van der Waals surface area contributed by atoms with E-state index < -0.39 is 17.1 Å². The van der Waals surface area contributed by atoms with Gasteiger partial charge in [0.25, 0.3) is 5.56 Å². The van der Waals surface area contributed by atoms with Crippen molar-refractivity contribution in [3.8, 4) is 0 Å². The van der Waals surface area contributed by atoms with Crippen LogP contribution in [-0.2, 0) is 6.54 Å². The summed E-state index contributed by atoms with van der Waals surface area (Å²) < 4.78 is 1.51. The van der Waals surface area contributed by atoms with Gasteiger partial charge in [-0.1, -0.05) is 12.8 Å². The normalized spacial score (nSPS) is 26.6. The number of likely N-dealkylation sites (tertiary alicyclic amines) is 1. The van der Waals surface area contributed by atoms with Crippen molar-refractivity contribution in [1.29, 1.82) is 0 Å². The zero-order valence-corrected chi connectivity index (χ0v) is 13.4. The van der Waals surface area contributed by atoms with Gasteiger partial charge < -0.3 is 19.7 Å². The van der Waals surface area contributed by atoms with Gasteiger partial charge in [0, 0.05) is 24.7 Å². The number of hydrogen-bond donors (Lipinski definition) is 2. The molecule has 1 unspecified atom stereocenters. The van der Waals surface area contributed by atoms with E-state index in [1.807, 2.05) is 0 Å². The fraction of sp³-hybridized carbons (Fsp3) is 0.688. The lowest BCUT2D eigenvalue weighted by Crippen LogP contribution is -2.62. The van der Waals surface area contributed by atoms with Gasteiger partial charge in [-0.2, -0.15) is 0 Å². The van der Waals surface area contributed by atoms with Crippen LogP contribution in [0, 0.1) is 12.3 Å². The standard InChI is InChI=1S/C16H23N3O4/c1-12-9-19(13(20)8-17-12)11-16(23)6-7-18(14(21)22)10-15(16)4-2-3-5-15/h8-9,23H,2-7,10-11H2,1H3,(H,21,22). The van der Waals surface area contributed by atoms with Crippen LogP contribution in [0.5, 0.6) is 0 Å². The highest BCUT2D eigenvalue weighted by Gasteiger charge is 2.55. The average Bonchev–Trinajstić information content (AvgIpc) is 2.96. The van der Waals surface area contributed by atoms with Crippen molar-refractivity contribution in [2.75, 3.05) is 13.1 Å². The molecule has 23 heavy (non-hydrogen) atoms. The number of rotatable bonds is 2. The molecule has 1 spiro atoms. The molecule has 0 radical (unpaired) electrons. The summed E-state index contributed by atoms with van der Waals surface area (Å²) in [6.07, 6.45) is 5.92. The number of piperidine rings is 1. The first-order valence-electron chi connectivity index (χ1n) is 8.09.